The molecule has 1 rings (SSSR count). The van der Waals surface area contributed by atoms with Crippen molar-refractivity contribution < 1.29 is 19.4 Å². The van der Waals surface area contributed by atoms with Crippen LogP contribution in [-0.4, -0.2) is 17.0 Å². The number of benzene rings is 1. The second-order valence-electron chi connectivity index (χ2n) is 3.24. The van der Waals surface area contributed by atoms with Gasteiger partial charge in [0.1, 0.15) is 12.2 Å². The molecule has 0 unspecified atom stereocenters. The van der Waals surface area contributed by atoms with E-state index in [4.69, 9.17) is 9.84 Å². The van der Waals surface area contributed by atoms with Gasteiger partial charge >= 0.3 is 11.9 Å². The fourth-order valence-electron chi connectivity index (χ4n) is 1.12. The quantitative estimate of drug-likeness (QED) is 0.466. The first-order valence-electron chi connectivity index (χ1n) is 4.49. The van der Waals surface area contributed by atoms with Crippen molar-refractivity contribution in [3.05, 3.63) is 29.3 Å². The molecule has 0 bridgehead atoms. The van der Waals surface area contributed by atoms with Crippen LogP contribution in [0.4, 0.5) is 0 Å². The summed E-state index contributed by atoms with van der Waals surface area (Å²) in [5, 5.41) is 8.38. The van der Waals surface area contributed by atoms with E-state index in [1.807, 2.05) is 19.9 Å². The Hall–Kier alpha value is -1.84. The third-order valence-corrected chi connectivity index (χ3v) is 2.07. The van der Waals surface area contributed by atoms with Crippen molar-refractivity contribution in [2.75, 3.05) is 0 Å². The van der Waals surface area contributed by atoms with Gasteiger partial charge in [0, 0.05) is 0 Å². The highest BCUT2D eigenvalue weighted by molar-refractivity contribution is 5.91. The number of hydrogen-bond acceptors (Lipinski definition) is 3. The van der Waals surface area contributed by atoms with Gasteiger partial charge in [0.25, 0.3) is 0 Å². The molecule has 1 aromatic carbocycles. The molecule has 0 aromatic heterocycles. The van der Waals surface area contributed by atoms with E-state index in [1.54, 1.807) is 12.1 Å². The van der Waals surface area contributed by atoms with Gasteiger partial charge in [-0.15, -0.1) is 0 Å². The lowest BCUT2D eigenvalue weighted by Gasteiger charge is -2.07. The molecular formula is C11H12O4. The van der Waals surface area contributed by atoms with Crippen molar-refractivity contribution in [2.45, 2.75) is 20.3 Å². The van der Waals surface area contributed by atoms with Gasteiger partial charge in [-0.2, -0.15) is 0 Å². The van der Waals surface area contributed by atoms with Crippen molar-refractivity contribution in [2.24, 2.45) is 0 Å². The lowest BCUT2D eigenvalue weighted by Crippen LogP contribution is -2.13. The number of rotatable bonds is 3. The summed E-state index contributed by atoms with van der Waals surface area (Å²) in [6.07, 6.45) is -0.618. The molecule has 80 valence electrons. The smallest absolute Gasteiger partial charge is 0.322 e. The minimum absolute atomic E-state index is 0.418. The van der Waals surface area contributed by atoms with Crippen LogP contribution in [0.3, 0.4) is 0 Å². The number of aryl methyl sites for hydroxylation is 1. The second kappa shape index (κ2) is 4.59. The van der Waals surface area contributed by atoms with E-state index in [2.05, 4.69) is 0 Å². The Morgan fingerprint density at radius 3 is 2.60 bits per heavy atom. The average Bonchev–Trinajstić information content (AvgIpc) is 2.11. The predicted molar refractivity (Wildman–Crippen MR) is 53.8 cm³/mol. The maximum atomic E-state index is 11.1. The molecule has 15 heavy (non-hydrogen) atoms. The number of hydrogen-bond donors (Lipinski definition) is 1. The standard InChI is InChI=1S/C11H12O4/c1-7-4-3-5-9(8(7)2)15-11(14)6-10(12)13/h3-5H,6H2,1-2H3,(H,12,13). The van der Waals surface area contributed by atoms with Gasteiger partial charge in [0.15, 0.2) is 0 Å². The monoisotopic (exact) mass is 208 g/mol. The molecule has 0 aliphatic carbocycles. The molecule has 0 saturated heterocycles. The van der Waals surface area contributed by atoms with Gasteiger partial charge in [-0.1, -0.05) is 12.1 Å². The summed E-state index contributed by atoms with van der Waals surface area (Å²) < 4.78 is 4.92. The maximum Gasteiger partial charge on any atom is 0.322 e. The van der Waals surface area contributed by atoms with Crippen molar-refractivity contribution in [3.8, 4) is 5.75 Å². The third kappa shape index (κ3) is 3.09. The van der Waals surface area contributed by atoms with E-state index in [0.717, 1.165) is 11.1 Å². The number of ether oxygens (including phenoxy) is 1. The average molecular weight is 208 g/mol. The molecule has 0 saturated carbocycles. The van der Waals surface area contributed by atoms with Gasteiger partial charge in [0.05, 0.1) is 0 Å². The summed E-state index contributed by atoms with van der Waals surface area (Å²) in [6, 6.07) is 5.29. The molecule has 1 aromatic rings. The Kier molecular flexibility index (Phi) is 3.44. The highest BCUT2D eigenvalue weighted by Gasteiger charge is 2.11. The third-order valence-electron chi connectivity index (χ3n) is 2.07. The van der Waals surface area contributed by atoms with Gasteiger partial charge in [-0.05, 0) is 31.0 Å². The molecule has 0 heterocycles. The molecule has 0 aliphatic rings. The minimum atomic E-state index is -1.19. The molecule has 1 N–H and O–H groups in total. The van der Waals surface area contributed by atoms with Crippen LogP contribution >= 0.6 is 0 Å². The Labute approximate surface area is 87.5 Å². The van der Waals surface area contributed by atoms with Crippen LogP contribution < -0.4 is 4.74 Å². The van der Waals surface area contributed by atoms with Crippen LogP contribution in [0.25, 0.3) is 0 Å². The summed E-state index contributed by atoms with van der Waals surface area (Å²) in [4.78, 5) is 21.3. The number of esters is 1. The molecular weight excluding hydrogens is 196 g/mol. The molecule has 0 radical (unpaired) electrons. The van der Waals surface area contributed by atoms with Crippen LogP contribution in [0.1, 0.15) is 17.5 Å². The van der Waals surface area contributed by atoms with E-state index in [9.17, 15) is 9.59 Å². The SMILES string of the molecule is Cc1cccc(OC(=O)CC(=O)O)c1C. The number of carbonyl (C=O) groups excluding carboxylic acids is 1. The number of carbonyl (C=O) groups is 2. The van der Waals surface area contributed by atoms with E-state index in [1.165, 1.54) is 0 Å². The predicted octanol–water partition coefficient (Wildman–Crippen LogP) is 1.68. The fraction of sp³-hybridized carbons (Fsp3) is 0.273. The van der Waals surface area contributed by atoms with Crippen molar-refractivity contribution in [1.82, 2.24) is 0 Å². The fourth-order valence-corrected chi connectivity index (χ4v) is 1.12. The highest BCUT2D eigenvalue weighted by Crippen LogP contribution is 2.20. The minimum Gasteiger partial charge on any atom is -0.481 e. The van der Waals surface area contributed by atoms with Crippen LogP contribution in [0, 0.1) is 13.8 Å². The number of aliphatic carboxylic acids is 1. The summed E-state index contributed by atoms with van der Waals surface area (Å²) >= 11 is 0. The number of carboxylic acid groups (broad SMARTS) is 1. The van der Waals surface area contributed by atoms with Crippen LogP contribution in [0.2, 0.25) is 0 Å². The zero-order valence-electron chi connectivity index (χ0n) is 8.61. The molecule has 0 aliphatic heterocycles. The molecule has 0 atom stereocenters. The van der Waals surface area contributed by atoms with Gasteiger partial charge < -0.3 is 9.84 Å². The summed E-state index contributed by atoms with van der Waals surface area (Å²) in [5.74, 6) is -1.53. The van der Waals surface area contributed by atoms with Crippen molar-refractivity contribution >= 4 is 11.9 Å². The summed E-state index contributed by atoms with van der Waals surface area (Å²) in [5.41, 5.74) is 1.84. The second-order valence-corrected chi connectivity index (χ2v) is 3.24. The Morgan fingerprint density at radius 1 is 1.33 bits per heavy atom. The van der Waals surface area contributed by atoms with E-state index >= 15 is 0 Å². The Balaban J connectivity index is 2.77. The first-order chi connectivity index (χ1) is 7.00. The van der Waals surface area contributed by atoms with Crippen LogP contribution in [-0.2, 0) is 9.59 Å². The van der Waals surface area contributed by atoms with Crippen LogP contribution in [0.15, 0.2) is 18.2 Å². The normalized spacial score (nSPS) is 9.73. The lowest BCUT2D eigenvalue weighted by molar-refractivity contribution is -0.145. The molecule has 0 amide bonds. The van der Waals surface area contributed by atoms with E-state index < -0.39 is 18.4 Å². The van der Waals surface area contributed by atoms with Gasteiger partial charge in [-0.25, -0.2) is 0 Å². The Bertz CT molecular complexity index is 396. The topological polar surface area (TPSA) is 63.6 Å². The summed E-state index contributed by atoms with van der Waals surface area (Å²) in [7, 11) is 0. The van der Waals surface area contributed by atoms with Crippen LogP contribution in [0.5, 0.6) is 5.75 Å². The van der Waals surface area contributed by atoms with Crippen molar-refractivity contribution in [1.29, 1.82) is 0 Å². The van der Waals surface area contributed by atoms with Gasteiger partial charge in [-0.3, -0.25) is 9.59 Å². The first-order valence-corrected chi connectivity index (χ1v) is 4.49. The lowest BCUT2D eigenvalue weighted by atomic mass is 10.1. The van der Waals surface area contributed by atoms with E-state index in [-0.39, 0.29) is 0 Å². The highest BCUT2D eigenvalue weighted by atomic mass is 16.5. The van der Waals surface area contributed by atoms with Gasteiger partial charge in [0.2, 0.25) is 0 Å². The first kappa shape index (κ1) is 11.2. The molecule has 0 spiro atoms. The largest absolute Gasteiger partial charge is 0.481 e. The zero-order valence-corrected chi connectivity index (χ0v) is 8.61. The zero-order chi connectivity index (χ0) is 11.4. The maximum absolute atomic E-state index is 11.1. The summed E-state index contributed by atoms with van der Waals surface area (Å²) in [6.45, 7) is 3.71. The Morgan fingerprint density at radius 2 is 2.00 bits per heavy atom. The molecule has 0 fully saturated rings. The molecule has 4 heteroatoms. The molecule has 4 nitrogen and oxygen atoms in total. The van der Waals surface area contributed by atoms with E-state index in [0.29, 0.717) is 5.75 Å². The number of carboxylic acids is 1. The van der Waals surface area contributed by atoms with Crippen molar-refractivity contribution in [3.63, 3.8) is 0 Å².